The van der Waals surface area contributed by atoms with Crippen molar-refractivity contribution in [2.24, 2.45) is 5.73 Å². The van der Waals surface area contributed by atoms with Crippen LogP contribution in [0.4, 0.5) is 15.5 Å². The van der Waals surface area contributed by atoms with E-state index in [-0.39, 0.29) is 16.3 Å². The van der Waals surface area contributed by atoms with Crippen LogP contribution >= 0.6 is 11.3 Å². The van der Waals surface area contributed by atoms with Gasteiger partial charge < -0.3 is 30.4 Å². The fourth-order valence-electron chi connectivity index (χ4n) is 2.84. The third-order valence-electron chi connectivity index (χ3n) is 4.07. The van der Waals surface area contributed by atoms with Crippen LogP contribution in [0.3, 0.4) is 0 Å². The molecule has 3 rings (SSSR count). The van der Waals surface area contributed by atoms with Gasteiger partial charge in [0.1, 0.15) is 10.8 Å². The molecule has 3 aromatic rings. The number of anilines is 2. The zero-order valence-electron chi connectivity index (χ0n) is 15.9. The number of hydrogen-bond donors (Lipinski definition) is 4. The van der Waals surface area contributed by atoms with Crippen molar-refractivity contribution >= 4 is 44.0 Å². The Morgan fingerprint density at radius 1 is 1.00 bits per heavy atom. The van der Waals surface area contributed by atoms with E-state index in [9.17, 15) is 14.7 Å². The molecule has 0 spiro atoms. The van der Waals surface area contributed by atoms with Gasteiger partial charge in [-0.3, -0.25) is 10.1 Å². The molecule has 0 unspecified atom stereocenters. The SMILES string of the molecule is COc1cc(NC(=O)Nc2sc3cc(O)ccc3c2C(N)=O)cc(OC)c1OC. The summed E-state index contributed by atoms with van der Waals surface area (Å²) in [5.41, 5.74) is 6.04. The first-order chi connectivity index (χ1) is 13.9. The molecule has 0 aliphatic rings. The van der Waals surface area contributed by atoms with Crippen LogP contribution in [0.2, 0.25) is 0 Å². The number of amides is 3. The Labute approximate surface area is 170 Å². The second kappa shape index (κ2) is 8.15. The number of nitrogens with two attached hydrogens (primary N) is 1. The molecule has 1 heterocycles. The average molecular weight is 417 g/mol. The lowest BCUT2D eigenvalue weighted by atomic mass is 10.1. The number of carbonyl (C=O) groups excluding carboxylic acids is 2. The van der Waals surface area contributed by atoms with Gasteiger partial charge in [-0.2, -0.15) is 0 Å². The van der Waals surface area contributed by atoms with E-state index in [4.69, 9.17) is 19.9 Å². The number of ether oxygens (including phenoxy) is 3. The van der Waals surface area contributed by atoms with Gasteiger partial charge in [-0.1, -0.05) is 0 Å². The number of nitrogens with one attached hydrogen (secondary N) is 2. The number of rotatable bonds is 6. The van der Waals surface area contributed by atoms with Crippen LogP contribution in [-0.2, 0) is 0 Å². The fourth-order valence-corrected chi connectivity index (χ4v) is 3.97. The molecular weight excluding hydrogens is 398 g/mol. The number of fused-ring (bicyclic) bond motifs is 1. The number of benzene rings is 2. The van der Waals surface area contributed by atoms with Gasteiger partial charge in [0, 0.05) is 22.2 Å². The Morgan fingerprint density at radius 2 is 1.66 bits per heavy atom. The van der Waals surface area contributed by atoms with Crippen LogP contribution in [-0.4, -0.2) is 38.4 Å². The highest BCUT2D eigenvalue weighted by Gasteiger charge is 2.20. The molecule has 5 N–H and O–H groups in total. The summed E-state index contributed by atoms with van der Waals surface area (Å²) >= 11 is 1.12. The Bertz CT molecular complexity index is 1070. The molecular formula is C19H19N3O6S. The van der Waals surface area contributed by atoms with Gasteiger partial charge in [0.15, 0.2) is 11.5 Å². The van der Waals surface area contributed by atoms with E-state index in [1.165, 1.54) is 33.5 Å². The summed E-state index contributed by atoms with van der Waals surface area (Å²) in [5.74, 6) is 0.490. The maximum absolute atomic E-state index is 12.5. The summed E-state index contributed by atoms with van der Waals surface area (Å²) in [6.07, 6.45) is 0. The number of urea groups is 1. The third kappa shape index (κ3) is 3.97. The maximum Gasteiger partial charge on any atom is 0.324 e. The minimum Gasteiger partial charge on any atom is -0.508 e. The Morgan fingerprint density at radius 3 is 2.21 bits per heavy atom. The highest BCUT2D eigenvalue weighted by atomic mass is 32.1. The monoisotopic (exact) mass is 417 g/mol. The summed E-state index contributed by atoms with van der Waals surface area (Å²) in [4.78, 5) is 24.4. The Kier molecular flexibility index (Phi) is 5.64. The number of methoxy groups -OCH3 is 3. The van der Waals surface area contributed by atoms with Gasteiger partial charge in [-0.05, 0) is 18.2 Å². The van der Waals surface area contributed by atoms with Crippen molar-refractivity contribution in [1.29, 1.82) is 0 Å². The molecule has 0 radical (unpaired) electrons. The van der Waals surface area contributed by atoms with Crippen molar-refractivity contribution in [2.45, 2.75) is 0 Å². The van der Waals surface area contributed by atoms with Crippen molar-refractivity contribution in [3.63, 3.8) is 0 Å². The third-order valence-corrected chi connectivity index (χ3v) is 5.14. The molecule has 152 valence electrons. The number of phenols is 1. The number of carbonyl (C=O) groups is 2. The van der Waals surface area contributed by atoms with Gasteiger partial charge in [0.2, 0.25) is 5.75 Å². The quantitative estimate of drug-likeness (QED) is 0.486. The smallest absolute Gasteiger partial charge is 0.324 e. The van der Waals surface area contributed by atoms with E-state index in [0.717, 1.165) is 11.3 Å². The van der Waals surface area contributed by atoms with Gasteiger partial charge >= 0.3 is 6.03 Å². The van der Waals surface area contributed by atoms with Crippen LogP contribution in [0.25, 0.3) is 10.1 Å². The van der Waals surface area contributed by atoms with E-state index in [1.54, 1.807) is 18.2 Å². The highest BCUT2D eigenvalue weighted by molar-refractivity contribution is 7.23. The molecule has 1 aromatic heterocycles. The summed E-state index contributed by atoms with van der Waals surface area (Å²) in [6, 6.07) is 7.05. The van der Waals surface area contributed by atoms with Crippen LogP contribution in [0, 0.1) is 0 Å². The van der Waals surface area contributed by atoms with Crippen LogP contribution < -0.4 is 30.6 Å². The van der Waals surface area contributed by atoms with E-state index in [1.807, 2.05) is 0 Å². The fraction of sp³-hybridized carbons (Fsp3) is 0.158. The number of phenolic OH excluding ortho intramolecular Hbond substituents is 1. The minimum atomic E-state index is -0.690. The standard InChI is InChI=1S/C19H19N3O6S/c1-26-12-6-9(7-13(27-2)16(12)28-3)21-19(25)22-18-15(17(20)24)11-5-4-10(23)8-14(11)29-18/h4-8,23H,1-3H3,(H2,20,24)(H2,21,22,25). The number of primary amides is 1. The zero-order chi connectivity index (χ0) is 21.1. The average Bonchev–Trinajstić information content (AvgIpc) is 3.03. The van der Waals surface area contributed by atoms with E-state index < -0.39 is 11.9 Å². The first-order valence-electron chi connectivity index (χ1n) is 8.31. The zero-order valence-corrected chi connectivity index (χ0v) is 16.7. The first-order valence-corrected chi connectivity index (χ1v) is 9.13. The van der Waals surface area contributed by atoms with Crippen LogP contribution in [0.5, 0.6) is 23.0 Å². The van der Waals surface area contributed by atoms with Crippen LogP contribution in [0.15, 0.2) is 30.3 Å². The molecule has 0 fully saturated rings. The molecule has 0 aliphatic heterocycles. The van der Waals surface area contributed by atoms with Crippen molar-refractivity contribution in [3.05, 3.63) is 35.9 Å². The molecule has 0 saturated carbocycles. The minimum absolute atomic E-state index is 0.0446. The van der Waals surface area contributed by atoms with E-state index >= 15 is 0 Å². The lowest BCUT2D eigenvalue weighted by Gasteiger charge is -2.14. The van der Waals surface area contributed by atoms with Crippen molar-refractivity contribution in [1.82, 2.24) is 0 Å². The summed E-state index contributed by atoms with van der Waals surface area (Å²) in [7, 11) is 4.41. The molecule has 3 amide bonds. The first kappa shape index (κ1) is 20.1. The van der Waals surface area contributed by atoms with Gasteiger partial charge in [-0.15, -0.1) is 11.3 Å². The van der Waals surface area contributed by atoms with Crippen LogP contribution in [0.1, 0.15) is 10.4 Å². The van der Waals surface area contributed by atoms with Crippen molar-refractivity contribution in [2.75, 3.05) is 32.0 Å². The molecule has 29 heavy (non-hydrogen) atoms. The van der Waals surface area contributed by atoms with Gasteiger partial charge in [0.25, 0.3) is 5.91 Å². The molecule has 2 aromatic carbocycles. The lowest BCUT2D eigenvalue weighted by Crippen LogP contribution is -2.21. The predicted molar refractivity (Wildman–Crippen MR) is 111 cm³/mol. The normalized spacial score (nSPS) is 10.4. The Balaban J connectivity index is 1.90. The summed E-state index contributed by atoms with van der Waals surface area (Å²) < 4.78 is 16.4. The number of thiophene rings is 1. The largest absolute Gasteiger partial charge is 0.508 e. The maximum atomic E-state index is 12.5. The van der Waals surface area contributed by atoms with Crippen molar-refractivity contribution in [3.8, 4) is 23.0 Å². The van der Waals surface area contributed by atoms with E-state index in [0.29, 0.717) is 33.0 Å². The van der Waals surface area contributed by atoms with E-state index in [2.05, 4.69) is 10.6 Å². The topological polar surface area (TPSA) is 132 Å². The van der Waals surface area contributed by atoms with Crippen molar-refractivity contribution < 1.29 is 28.9 Å². The summed E-state index contributed by atoms with van der Waals surface area (Å²) in [5, 5.41) is 15.7. The predicted octanol–water partition coefficient (Wildman–Crippen LogP) is 3.38. The number of hydrogen-bond acceptors (Lipinski definition) is 7. The molecule has 0 bridgehead atoms. The second-order valence-electron chi connectivity index (χ2n) is 5.84. The molecule has 0 saturated heterocycles. The highest BCUT2D eigenvalue weighted by Crippen LogP contribution is 2.40. The Hall–Kier alpha value is -3.66. The second-order valence-corrected chi connectivity index (χ2v) is 6.90. The molecule has 10 heteroatoms. The summed E-state index contributed by atoms with van der Waals surface area (Å²) in [6.45, 7) is 0. The van der Waals surface area contributed by atoms with Gasteiger partial charge in [-0.25, -0.2) is 4.79 Å². The number of aromatic hydroxyl groups is 1. The molecule has 0 aliphatic carbocycles. The van der Waals surface area contributed by atoms with Gasteiger partial charge in [0.05, 0.1) is 32.6 Å². The lowest BCUT2D eigenvalue weighted by molar-refractivity contribution is 0.100. The molecule has 0 atom stereocenters. The molecule has 9 nitrogen and oxygen atoms in total.